The highest BCUT2D eigenvalue weighted by Gasteiger charge is 2.24. The van der Waals surface area contributed by atoms with Gasteiger partial charge in [0.25, 0.3) is 0 Å². The lowest BCUT2D eigenvalue weighted by atomic mass is 9.97. The van der Waals surface area contributed by atoms with Crippen LogP contribution in [-0.4, -0.2) is 23.0 Å². The van der Waals surface area contributed by atoms with E-state index in [1.54, 1.807) is 49.6 Å². The zero-order chi connectivity index (χ0) is 27.8. The van der Waals surface area contributed by atoms with Crippen LogP contribution >= 0.6 is 23.2 Å². The molecule has 198 valence electrons. The minimum Gasteiger partial charge on any atom is -0.480 e. The highest BCUT2D eigenvalue weighted by Crippen LogP contribution is 2.37. The Morgan fingerprint density at radius 2 is 1.56 bits per heavy atom. The van der Waals surface area contributed by atoms with Crippen molar-refractivity contribution in [2.45, 2.75) is 32.7 Å². The summed E-state index contributed by atoms with van der Waals surface area (Å²) >= 11 is 12.0. The number of nitrogens with one attached hydrogen (secondary N) is 1. The molecule has 39 heavy (non-hydrogen) atoms. The molecule has 7 nitrogen and oxygen atoms in total. The van der Waals surface area contributed by atoms with E-state index >= 15 is 0 Å². The van der Waals surface area contributed by atoms with Gasteiger partial charge in [-0.2, -0.15) is 0 Å². The molecule has 0 saturated carbocycles. The van der Waals surface area contributed by atoms with Crippen molar-refractivity contribution < 1.29 is 23.5 Å². The predicted molar refractivity (Wildman–Crippen MR) is 151 cm³/mol. The van der Waals surface area contributed by atoms with Crippen LogP contribution < -0.4 is 10.9 Å². The first-order valence-electron chi connectivity index (χ1n) is 12.1. The van der Waals surface area contributed by atoms with Crippen molar-refractivity contribution in [2.75, 3.05) is 0 Å². The van der Waals surface area contributed by atoms with Crippen molar-refractivity contribution in [1.29, 1.82) is 0 Å². The van der Waals surface area contributed by atoms with E-state index < -0.39 is 23.5 Å². The highest BCUT2D eigenvalue weighted by atomic mass is 35.5. The number of hydrogen-bond donors (Lipinski definition) is 2. The second-order valence-electron chi connectivity index (χ2n) is 9.37. The van der Waals surface area contributed by atoms with E-state index in [9.17, 15) is 19.5 Å². The van der Waals surface area contributed by atoms with Crippen LogP contribution in [0.15, 0.2) is 74.5 Å². The molecule has 1 atom stereocenters. The van der Waals surface area contributed by atoms with E-state index in [0.29, 0.717) is 43.3 Å². The van der Waals surface area contributed by atoms with Crippen molar-refractivity contribution in [3.63, 3.8) is 0 Å². The fourth-order valence-corrected chi connectivity index (χ4v) is 4.97. The molecule has 0 fully saturated rings. The molecule has 1 amide bonds. The number of carboxylic acids is 1. The number of aryl methyl sites for hydroxylation is 2. The average Bonchev–Trinajstić information content (AvgIpc) is 3.33. The van der Waals surface area contributed by atoms with Crippen LogP contribution in [0.3, 0.4) is 0 Å². The lowest BCUT2D eigenvalue weighted by Crippen LogP contribution is -2.43. The van der Waals surface area contributed by atoms with Crippen LogP contribution in [0.25, 0.3) is 33.1 Å². The van der Waals surface area contributed by atoms with Gasteiger partial charge in [0.1, 0.15) is 17.2 Å². The van der Waals surface area contributed by atoms with Crippen molar-refractivity contribution in [3.05, 3.63) is 104 Å². The first-order valence-corrected chi connectivity index (χ1v) is 12.9. The topological polar surface area (TPSA) is 110 Å². The van der Waals surface area contributed by atoms with Crippen LogP contribution in [0, 0.1) is 13.8 Å². The van der Waals surface area contributed by atoms with E-state index in [0.717, 1.165) is 16.5 Å². The molecular weight excluding hydrogens is 541 g/mol. The molecule has 0 saturated heterocycles. The average molecular weight is 564 g/mol. The number of fused-ring (bicyclic) bond motifs is 2. The van der Waals surface area contributed by atoms with Crippen LogP contribution in [-0.2, 0) is 22.4 Å². The van der Waals surface area contributed by atoms with E-state index in [1.807, 2.05) is 25.1 Å². The molecule has 9 heteroatoms. The number of aliphatic carboxylic acids is 1. The van der Waals surface area contributed by atoms with Gasteiger partial charge in [-0.1, -0.05) is 47.5 Å². The van der Waals surface area contributed by atoms with E-state index in [-0.39, 0.29) is 18.4 Å². The number of rotatable bonds is 7. The largest absolute Gasteiger partial charge is 0.480 e. The Morgan fingerprint density at radius 3 is 2.21 bits per heavy atom. The first kappa shape index (κ1) is 26.5. The van der Waals surface area contributed by atoms with Gasteiger partial charge in [0, 0.05) is 38.4 Å². The number of carbonyl (C=O) groups is 2. The van der Waals surface area contributed by atoms with Crippen molar-refractivity contribution in [1.82, 2.24) is 5.32 Å². The summed E-state index contributed by atoms with van der Waals surface area (Å²) in [5, 5.41) is 14.8. The molecule has 0 radical (unpaired) electrons. The molecule has 0 aliphatic carbocycles. The highest BCUT2D eigenvalue weighted by molar-refractivity contribution is 6.30. The van der Waals surface area contributed by atoms with Crippen LogP contribution in [0.1, 0.15) is 22.3 Å². The number of carbonyl (C=O) groups excluding carboxylic acids is 1. The maximum absolute atomic E-state index is 13.0. The smallest absolute Gasteiger partial charge is 0.340 e. The second kappa shape index (κ2) is 10.6. The Labute approximate surface area is 232 Å². The van der Waals surface area contributed by atoms with Crippen molar-refractivity contribution >= 4 is 57.0 Å². The Kier molecular flexibility index (Phi) is 7.21. The molecule has 0 spiro atoms. The summed E-state index contributed by atoms with van der Waals surface area (Å²) in [6.45, 7) is 3.56. The molecule has 0 bridgehead atoms. The normalized spacial score (nSPS) is 12.1. The standard InChI is InChI=1S/C30H23Cl2NO6/c1-15-21-12-23-24(18-5-9-20(32)10-6-18)14-38-27(23)16(2)28(21)39-30(37)22(15)13-26(34)33-25(29(35)36)11-17-3-7-19(31)8-4-17/h3-10,12,14,25H,11,13H2,1-2H3,(H,33,34)(H,35,36)/t25-/m1/s1. The van der Waals surface area contributed by atoms with Gasteiger partial charge in [-0.05, 0) is 60.9 Å². The lowest BCUT2D eigenvalue weighted by Gasteiger charge is -2.15. The number of furan rings is 1. The summed E-state index contributed by atoms with van der Waals surface area (Å²) in [5.41, 5.74) is 4.16. The Bertz CT molecular complexity index is 1790. The van der Waals surface area contributed by atoms with Gasteiger partial charge >= 0.3 is 11.6 Å². The number of carboxylic acid groups (broad SMARTS) is 1. The van der Waals surface area contributed by atoms with Gasteiger partial charge in [-0.15, -0.1) is 0 Å². The molecular formula is C30H23Cl2NO6. The van der Waals surface area contributed by atoms with Crippen LogP contribution in [0.5, 0.6) is 0 Å². The Hall–Kier alpha value is -4.07. The van der Waals surface area contributed by atoms with E-state index in [4.69, 9.17) is 32.0 Å². The van der Waals surface area contributed by atoms with Gasteiger partial charge in [0.15, 0.2) is 0 Å². The van der Waals surface area contributed by atoms with Crippen molar-refractivity contribution in [2.24, 2.45) is 0 Å². The fraction of sp³-hybridized carbons (Fsp3) is 0.167. The molecule has 0 aliphatic rings. The zero-order valence-electron chi connectivity index (χ0n) is 21.0. The summed E-state index contributed by atoms with van der Waals surface area (Å²) in [6.07, 6.45) is 1.38. The molecule has 2 aromatic heterocycles. The molecule has 0 aliphatic heterocycles. The van der Waals surface area contributed by atoms with Crippen LogP contribution in [0.4, 0.5) is 0 Å². The number of benzene rings is 3. The minimum absolute atomic E-state index is 0.0642. The predicted octanol–water partition coefficient (Wildman–Crippen LogP) is 6.48. The molecule has 2 heterocycles. The quantitative estimate of drug-likeness (QED) is 0.219. The molecule has 0 unspecified atom stereocenters. The third kappa shape index (κ3) is 5.28. The van der Waals surface area contributed by atoms with Gasteiger partial charge in [-0.25, -0.2) is 9.59 Å². The Morgan fingerprint density at radius 1 is 0.923 bits per heavy atom. The van der Waals surface area contributed by atoms with Gasteiger partial charge < -0.3 is 19.3 Å². The first-order chi connectivity index (χ1) is 18.6. The summed E-state index contributed by atoms with van der Waals surface area (Å²) in [4.78, 5) is 37.7. The molecule has 2 N–H and O–H groups in total. The number of hydrogen-bond acceptors (Lipinski definition) is 5. The molecule has 5 rings (SSSR count). The Balaban J connectivity index is 1.48. The second-order valence-corrected chi connectivity index (χ2v) is 10.2. The number of amides is 1. The minimum atomic E-state index is -1.19. The van der Waals surface area contributed by atoms with Gasteiger partial charge in [0.05, 0.1) is 18.2 Å². The molecule has 3 aromatic carbocycles. The van der Waals surface area contributed by atoms with Gasteiger partial charge in [0.2, 0.25) is 5.91 Å². The molecule has 5 aromatic rings. The summed E-state index contributed by atoms with van der Waals surface area (Å²) in [5.74, 6) is -1.79. The monoisotopic (exact) mass is 563 g/mol. The maximum Gasteiger partial charge on any atom is 0.340 e. The fourth-order valence-electron chi connectivity index (χ4n) is 4.72. The zero-order valence-corrected chi connectivity index (χ0v) is 22.5. The number of halogens is 2. The third-order valence-corrected chi connectivity index (χ3v) is 7.32. The van der Waals surface area contributed by atoms with Crippen LogP contribution in [0.2, 0.25) is 10.0 Å². The lowest BCUT2D eigenvalue weighted by molar-refractivity contribution is -0.141. The van der Waals surface area contributed by atoms with Crippen molar-refractivity contribution in [3.8, 4) is 11.1 Å². The summed E-state index contributed by atoms with van der Waals surface area (Å²) in [6, 6.07) is 14.8. The van der Waals surface area contributed by atoms with Gasteiger partial charge in [-0.3, -0.25) is 4.79 Å². The third-order valence-electron chi connectivity index (χ3n) is 6.82. The summed E-state index contributed by atoms with van der Waals surface area (Å²) < 4.78 is 11.5. The maximum atomic E-state index is 13.0. The van der Waals surface area contributed by atoms with E-state index in [1.165, 1.54) is 0 Å². The SMILES string of the molecule is Cc1c(CC(=O)N[C@H](Cc2ccc(Cl)cc2)C(=O)O)c(=O)oc2c(C)c3occ(-c4ccc(Cl)cc4)c3cc12. The van der Waals surface area contributed by atoms with E-state index in [2.05, 4.69) is 5.32 Å². The summed E-state index contributed by atoms with van der Waals surface area (Å²) in [7, 11) is 0.